The molecule has 0 aromatic heterocycles. The molecule has 1 aliphatic heterocycles. The summed E-state index contributed by atoms with van der Waals surface area (Å²) in [7, 11) is 0. The van der Waals surface area contributed by atoms with Crippen LogP contribution in [0, 0.1) is 0 Å². The number of benzene rings is 2. The highest BCUT2D eigenvalue weighted by Crippen LogP contribution is 2.36. The van der Waals surface area contributed by atoms with Gasteiger partial charge in [0.15, 0.2) is 6.10 Å². The number of anilines is 1. The number of amides is 1. The van der Waals surface area contributed by atoms with E-state index in [-0.39, 0.29) is 5.91 Å². The van der Waals surface area contributed by atoms with Gasteiger partial charge in [0.05, 0.1) is 12.2 Å². The van der Waals surface area contributed by atoms with Crippen LogP contribution < -0.4 is 9.64 Å². The lowest BCUT2D eigenvalue weighted by Gasteiger charge is -2.33. The van der Waals surface area contributed by atoms with Gasteiger partial charge in [-0.25, -0.2) is 0 Å². The minimum Gasteiger partial charge on any atom is -0.479 e. The van der Waals surface area contributed by atoms with E-state index in [9.17, 15) is 4.79 Å². The Bertz CT molecular complexity index is 642. The number of fused-ring (bicyclic) bond motifs is 1. The lowest BCUT2D eigenvalue weighted by Crippen LogP contribution is -2.43. The van der Waals surface area contributed by atoms with Gasteiger partial charge in [-0.05, 0) is 24.6 Å². The number of ether oxygens (including phenoxy) is 1. The second-order valence-electron chi connectivity index (χ2n) is 4.78. The van der Waals surface area contributed by atoms with Crippen molar-refractivity contribution in [1.82, 2.24) is 0 Å². The highest BCUT2D eigenvalue weighted by molar-refractivity contribution is 6.30. The van der Waals surface area contributed by atoms with Gasteiger partial charge in [-0.3, -0.25) is 4.79 Å². The zero-order chi connectivity index (χ0) is 14.1. The molecule has 0 saturated heterocycles. The number of hydrogen-bond donors (Lipinski definition) is 0. The highest BCUT2D eigenvalue weighted by atomic mass is 35.5. The van der Waals surface area contributed by atoms with E-state index in [4.69, 9.17) is 16.3 Å². The topological polar surface area (TPSA) is 29.5 Å². The van der Waals surface area contributed by atoms with Crippen LogP contribution in [0.5, 0.6) is 5.75 Å². The molecule has 0 fully saturated rings. The van der Waals surface area contributed by atoms with Gasteiger partial charge in [-0.1, -0.05) is 41.9 Å². The molecular weight excluding hydrogens is 274 g/mol. The second-order valence-corrected chi connectivity index (χ2v) is 5.22. The molecular formula is C16H14ClNO2. The molecule has 0 spiro atoms. The van der Waals surface area contributed by atoms with E-state index in [1.54, 1.807) is 24.0 Å². The fourth-order valence-electron chi connectivity index (χ4n) is 2.31. The first kappa shape index (κ1) is 13.0. The van der Waals surface area contributed by atoms with Gasteiger partial charge in [0.2, 0.25) is 0 Å². The zero-order valence-electron chi connectivity index (χ0n) is 11.0. The van der Waals surface area contributed by atoms with Gasteiger partial charge in [0, 0.05) is 11.1 Å². The summed E-state index contributed by atoms with van der Waals surface area (Å²) in [6.07, 6.45) is -0.496. The SMILES string of the molecule is CC1Oc2cc(Cl)ccc2N(Cc2ccccc2)C1=O. The van der Waals surface area contributed by atoms with Gasteiger partial charge in [0.1, 0.15) is 5.75 Å². The summed E-state index contributed by atoms with van der Waals surface area (Å²) in [6.45, 7) is 2.28. The van der Waals surface area contributed by atoms with Gasteiger partial charge in [-0.2, -0.15) is 0 Å². The predicted molar refractivity (Wildman–Crippen MR) is 79.2 cm³/mol. The Kier molecular flexibility index (Phi) is 3.36. The number of hydrogen-bond acceptors (Lipinski definition) is 2. The largest absolute Gasteiger partial charge is 0.479 e. The Morgan fingerprint density at radius 3 is 2.70 bits per heavy atom. The summed E-state index contributed by atoms with van der Waals surface area (Å²) in [4.78, 5) is 14.1. The maximum Gasteiger partial charge on any atom is 0.268 e. The Hall–Kier alpha value is -2.00. The molecule has 3 nitrogen and oxygen atoms in total. The molecule has 1 heterocycles. The van der Waals surface area contributed by atoms with Crippen LogP contribution in [0.1, 0.15) is 12.5 Å². The average molecular weight is 288 g/mol. The lowest BCUT2D eigenvalue weighted by molar-refractivity contribution is -0.125. The molecule has 0 bridgehead atoms. The van der Waals surface area contributed by atoms with Crippen molar-refractivity contribution in [3.05, 3.63) is 59.1 Å². The molecule has 102 valence electrons. The fourth-order valence-corrected chi connectivity index (χ4v) is 2.48. The third-order valence-electron chi connectivity index (χ3n) is 3.31. The predicted octanol–water partition coefficient (Wildman–Crippen LogP) is 3.65. The molecule has 4 heteroatoms. The summed E-state index contributed by atoms with van der Waals surface area (Å²) >= 11 is 5.99. The van der Waals surface area contributed by atoms with Crippen molar-refractivity contribution < 1.29 is 9.53 Å². The number of rotatable bonds is 2. The molecule has 2 aromatic carbocycles. The van der Waals surface area contributed by atoms with Gasteiger partial charge in [0.25, 0.3) is 5.91 Å². The lowest BCUT2D eigenvalue weighted by atomic mass is 10.1. The van der Waals surface area contributed by atoms with Crippen molar-refractivity contribution in [3.8, 4) is 5.75 Å². The first-order chi connectivity index (χ1) is 9.65. The van der Waals surface area contributed by atoms with Gasteiger partial charge >= 0.3 is 0 Å². The van der Waals surface area contributed by atoms with Crippen LogP contribution in [0.15, 0.2) is 48.5 Å². The number of carbonyl (C=O) groups is 1. The molecule has 1 amide bonds. The Morgan fingerprint density at radius 1 is 1.20 bits per heavy atom. The molecule has 0 aliphatic carbocycles. The molecule has 0 saturated carbocycles. The zero-order valence-corrected chi connectivity index (χ0v) is 11.8. The van der Waals surface area contributed by atoms with E-state index < -0.39 is 6.10 Å². The molecule has 1 aliphatic rings. The smallest absolute Gasteiger partial charge is 0.268 e. The number of carbonyl (C=O) groups excluding carboxylic acids is 1. The number of nitrogens with zero attached hydrogens (tertiary/aromatic N) is 1. The minimum absolute atomic E-state index is 0.0383. The summed E-state index contributed by atoms with van der Waals surface area (Å²) in [5.74, 6) is 0.615. The van der Waals surface area contributed by atoms with Crippen LogP contribution in [0.4, 0.5) is 5.69 Å². The maximum absolute atomic E-state index is 12.3. The van der Waals surface area contributed by atoms with E-state index in [1.807, 2.05) is 36.4 Å². The van der Waals surface area contributed by atoms with Crippen molar-refractivity contribution in [3.63, 3.8) is 0 Å². The van der Waals surface area contributed by atoms with Crippen molar-refractivity contribution >= 4 is 23.2 Å². The molecule has 2 aromatic rings. The van der Waals surface area contributed by atoms with Crippen LogP contribution in [0.25, 0.3) is 0 Å². The average Bonchev–Trinajstić information content (AvgIpc) is 2.45. The Labute approximate surface area is 122 Å². The van der Waals surface area contributed by atoms with Crippen molar-refractivity contribution in [2.45, 2.75) is 19.6 Å². The van der Waals surface area contributed by atoms with Gasteiger partial charge < -0.3 is 9.64 Å². The molecule has 3 rings (SSSR count). The van der Waals surface area contributed by atoms with Crippen molar-refractivity contribution in [2.24, 2.45) is 0 Å². The minimum atomic E-state index is -0.496. The number of halogens is 1. The molecule has 0 N–H and O–H groups in total. The van der Waals surface area contributed by atoms with Crippen LogP contribution in [0.2, 0.25) is 5.02 Å². The van der Waals surface area contributed by atoms with E-state index in [0.717, 1.165) is 11.3 Å². The van der Waals surface area contributed by atoms with Crippen molar-refractivity contribution in [1.29, 1.82) is 0 Å². The molecule has 20 heavy (non-hydrogen) atoms. The molecule has 1 atom stereocenters. The van der Waals surface area contributed by atoms with Crippen LogP contribution in [-0.2, 0) is 11.3 Å². The van der Waals surface area contributed by atoms with Crippen LogP contribution >= 0.6 is 11.6 Å². The van der Waals surface area contributed by atoms with E-state index in [0.29, 0.717) is 17.3 Å². The quantitative estimate of drug-likeness (QED) is 0.844. The Morgan fingerprint density at radius 2 is 1.95 bits per heavy atom. The van der Waals surface area contributed by atoms with Crippen molar-refractivity contribution in [2.75, 3.05) is 4.90 Å². The maximum atomic E-state index is 12.3. The standard InChI is InChI=1S/C16H14ClNO2/c1-11-16(19)18(10-12-5-3-2-4-6-12)14-8-7-13(17)9-15(14)20-11/h2-9,11H,10H2,1H3. The fraction of sp³-hybridized carbons (Fsp3) is 0.188. The van der Waals surface area contributed by atoms with E-state index in [2.05, 4.69) is 0 Å². The second kappa shape index (κ2) is 5.17. The van der Waals surface area contributed by atoms with Gasteiger partial charge in [-0.15, -0.1) is 0 Å². The summed E-state index contributed by atoms with van der Waals surface area (Å²) in [5.41, 5.74) is 1.84. The monoisotopic (exact) mass is 287 g/mol. The van der Waals surface area contributed by atoms with Crippen LogP contribution in [0.3, 0.4) is 0 Å². The van der Waals surface area contributed by atoms with E-state index in [1.165, 1.54) is 0 Å². The van der Waals surface area contributed by atoms with E-state index >= 15 is 0 Å². The van der Waals surface area contributed by atoms with Crippen LogP contribution in [-0.4, -0.2) is 12.0 Å². The molecule has 1 unspecified atom stereocenters. The normalized spacial score (nSPS) is 17.6. The first-order valence-corrected chi connectivity index (χ1v) is 6.84. The highest BCUT2D eigenvalue weighted by Gasteiger charge is 2.31. The first-order valence-electron chi connectivity index (χ1n) is 6.46. The summed E-state index contributed by atoms with van der Waals surface area (Å²) in [6, 6.07) is 15.2. The molecule has 0 radical (unpaired) electrons. The summed E-state index contributed by atoms with van der Waals surface area (Å²) in [5, 5.41) is 0.602. The summed E-state index contributed by atoms with van der Waals surface area (Å²) < 4.78 is 5.62. The third-order valence-corrected chi connectivity index (χ3v) is 3.55. The Balaban J connectivity index is 1.99. The third kappa shape index (κ3) is 2.37.